The molecule has 2 amide bonds. The Kier molecular flexibility index (Phi) is 1.59. The summed E-state index contributed by atoms with van der Waals surface area (Å²) in [6.07, 6.45) is 3.21. The summed E-state index contributed by atoms with van der Waals surface area (Å²) >= 11 is 0. The van der Waals surface area contributed by atoms with Crippen molar-refractivity contribution in [1.29, 1.82) is 0 Å². The molecule has 0 aliphatic rings. The van der Waals surface area contributed by atoms with E-state index < -0.39 is 6.03 Å². The second-order valence-corrected chi connectivity index (χ2v) is 2.45. The van der Waals surface area contributed by atoms with Crippen LogP contribution in [0.25, 0.3) is 11.0 Å². The largest absolute Gasteiger partial charge is 0.350 e. The number of amides is 2. The number of carbonyl (C=O) groups excluding carboxylic acids is 1. The van der Waals surface area contributed by atoms with Gasteiger partial charge in [0.1, 0.15) is 0 Å². The molecule has 0 unspecified atom stereocenters. The summed E-state index contributed by atoms with van der Waals surface area (Å²) in [5.74, 6) is 0. The van der Waals surface area contributed by atoms with E-state index in [1.54, 1.807) is 18.5 Å². The molecule has 0 atom stereocenters. The average Bonchev–Trinajstić information content (AvgIpc) is 2.48. The summed E-state index contributed by atoms with van der Waals surface area (Å²) in [4.78, 5) is 15.8. The van der Waals surface area contributed by atoms with Gasteiger partial charge in [-0.25, -0.2) is 15.2 Å². The van der Waals surface area contributed by atoms with Crippen LogP contribution in [0.5, 0.6) is 0 Å². The van der Waals surface area contributed by atoms with Crippen LogP contribution in [0.15, 0.2) is 24.5 Å². The molecule has 0 spiro atoms. The third-order valence-electron chi connectivity index (χ3n) is 1.55. The van der Waals surface area contributed by atoms with Gasteiger partial charge in [-0.05, 0) is 12.1 Å². The van der Waals surface area contributed by atoms with Gasteiger partial charge in [0, 0.05) is 11.6 Å². The number of urea groups is 1. The van der Waals surface area contributed by atoms with Gasteiger partial charge >= 0.3 is 6.03 Å². The maximum absolute atomic E-state index is 10.5. The molecule has 0 radical (unpaired) electrons. The van der Waals surface area contributed by atoms with Crippen molar-refractivity contribution in [3.63, 3.8) is 0 Å². The summed E-state index contributed by atoms with van der Waals surface area (Å²) in [6, 6.07) is 2.96. The fourth-order valence-corrected chi connectivity index (χ4v) is 1.05. The SMILES string of the molecule is NC(=O)Nn1ncc2cccnc21. The van der Waals surface area contributed by atoms with Gasteiger partial charge < -0.3 is 5.73 Å². The Morgan fingerprint density at radius 2 is 2.46 bits per heavy atom. The zero-order chi connectivity index (χ0) is 9.26. The van der Waals surface area contributed by atoms with E-state index in [0.29, 0.717) is 5.65 Å². The molecular weight excluding hydrogens is 170 g/mol. The second-order valence-electron chi connectivity index (χ2n) is 2.45. The predicted octanol–water partition coefficient (Wildman–Crippen LogP) is 0.0535. The molecule has 13 heavy (non-hydrogen) atoms. The smallest absolute Gasteiger partial charge is 0.332 e. The molecule has 0 saturated heterocycles. The lowest BCUT2D eigenvalue weighted by molar-refractivity contribution is 0.256. The van der Waals surface area contributed by atoms with E-state index in [4.69, 9.17) is 5.73 Å². The molecule has 0 bridgehead atoms. The monoisotopic (exact) mass is 177 g/mol. The van der Waals surface area contributed by atoms with Crippen LogP contribution in [0.1, 0.15) is 0 Å². The molecule has 2 heterocycles. The Balaban J connectivity index is 2.51. The van der Waals surface area contributed by atoms with Crippen molar-refractivity contribution in [2.75, 3.05) is 5.43 Å². The molecule has 6 heteroatoms. The summed E-state index contributed by atoms with van der Waals surface area (Å²) in [6.45, 7) is 0. The fraction of sp³-hybridized carbons (Fsp3) is 0. The lowest BCUT2D eigenvalue weighted by atomic mass is 10.4. The van der Waals surface area contributed by atoms with Crippen LogP contribution in [0, 0.1) is 0 Å². The highest BCUT2D eigenvalue weighted by atomic mass is 16.2. The number of nitrogens with two attached hydrogens (primary N) is 1. The Labute approximate surface area is 73.3 Å². The van der Waals surface area contributed by atoms with E-state index in [9.17, 15) is 4.79 Å². The lowest BCUT2D eigenvalue weighted by Gasteiger charge is -2.00. The summed E-state index contributed by atoms with van der Waals surface area (Å²) in [5.41, 5.74) is 7.82. The minimum Gasteiger partial charge on any atom is -0.350 e. The van der Waals surface area contributed by atoms with Crippen molar-refractivity contribution in [1.82, 2.24) is 14.9 Å². The van der Waals surface area contributed by atoms with Gasteiger partial charge in [-0.15, -0.1) is 0 Å². The van der Waals surface area contributed by atoms with Crippen molar-refractivity contribution < 1.29 is 4.79 Å². The molecule has 2 rings (SSSR count). The zero-order valence-corrected chi connectivity index (χ0v) is 6.64. The van der Waals surface area contributed by atoms with Gasteiger partial charge in [-0.3, -0.25) is 0 Å². The van der Waals surface area contributed by atoms with Crippen molar-refractivity contribution in [3.05, 3.63) is 24.5 Å². The number of aromatic nitrogens is 3. The Bertz CT molecular complexity index is 449. The van der Waals surface area contributed by atoms with Crippen LogP contribution in [-0.2, 0) is 0 Å². The van der Waals surface area contributed by atoms with Crippen LogP contribution in [0.2, 0.25) is 0 Å². The first-order valence-corrected chi connectivity index (χ1v) is 3.62. The first kappa shape index (κ1) is 7.53. The predicted molar refractivity (Wildman–Crippen MR) is 46.5 cm³/mol. The second kappa shape index (κ2) is 2.74. The molecule has 3 N–H and O–H groups in total. The number of carbonyl (C=O) groups is 1. The molecule has 66 valence electrons. The van der Waals surface area contributed by atoms with E-state index in [0.717, 1.165) is 5.39 Å². The summed E-state index contributed by atoms with van der Waals surface area (Å²) < 4.78 is 0. The average molecular weight is 177 g/mol. The molecule has 6 nitrogen and oxygen atoms in total. The van der Waals surface area contributed by atoms with Gasteiger partial charge in [0.15, 0.2) is 5.65 Å². The standard InChI is InChI=1S/C7H7N5O/c8-7(13)11-12-6-5(4-10-12)2-1-3-9-6/h1-4H,(H3,8,11,13). The minimum atomic E-state index is -0.671. The first-order chi connectivity index (χ1) is 6.27. The zero-order valence-electron chi connectivity index (χ0n) is 6.64. The topological polar surface area (TPSA) is 85.8 Å². The van der Waals surface area contributed by atoms with E-state index in [-0.39, 0.29) is 0 Å². The Hall–Kier alpha value is -2.11. The highest BCUT2D eigenvalue weighted by Gasteiger charge is 2.02. The molecule has 0 aliphatic carbocycles. The molecule has 0 aromatic carbocycles. The molecule has 0 saturated carbocycles. The quantitative estimate of drug-likeness (QED) is 0.645. The number of nitrogens with zero attached hydrogens (tertiary/aromatic N) is 3. The van der Waals surface area contributed by atoms with Crippen LogP contribution >= 0.6 is 0 Å². The van der Waals surface area contributed by atoms with Crippen molar-refractivity contribution >= 4 is 17.1 Å². The summed E-state index contributed by atoms with van der Waals surface area (Å²) in [5, 5.41) is 4.72. The van der Waals surface area contributed by atoms with E-state index in [1.165, 1.54) is 4.79 Å². The van der Waals surface area contributed by atoms with Gasteiger partial charge in [0.25, 0.3) is 0 Å². The lowest BCUT2D eigenvalue weighted by Crippen LogP contribution is -2.29. The van der Waals surface area contributed by atoms with Crippen LogP contribution in [-0.4, -0.2) is 20.9 Å². The van der Waals surface area contributed by atoms with Gasteiger partial charge in [-0.2, -0.15) is 9.89 Å². The van der Waals surface area contributed by atoms with Crippen LogP contribution < -0.4 is 11.2 Å². The Morgan fingerprint density at radius 3 is 3.23 bits per heavy atom. The molecule has 0 fully saturated rings. The first-order valence-electron chi connectivity index (χ1n) is 3.62. The third-order valence-corrected chi connectivity index (χ3v) is 1.55. The highest BCUT2D eigenvalue weighted by molar-refractivity contribution is 5.82. The number of rotatable bonds is 1. The third kappa shape index (κ3) is 1.28. The Morgan fingerprint density at radius 1 is 1.62 bits per heavy atom. The molecule has 2 aromatic rings. The number of primary amides is 1. The maximum Gasteiger partial charge on any atom is 0.332 e. The highest BCUT2D eigenvalue weighted by Crippen LogP contribution is 2.07. The molecular formula is C7H7N5O. The minimum absolute atomic E-state index is 0.571. The normalized spacial score (nSPS) is 10.2. The van der Waals surface area contributed by atoms with Crippen molar-refractivity contribution in [2.24, 2.45) is 5.73 Å². The van der Waals surface area contributed by atoms with Crippen molar-refractivity contribution in [2.45, 2.75) is 0 Å². The number of hydrogen-bond acceptors (Lipinski definition) is 3. The fourth-order valence-electron chi connectivity index (χ4n) is 1.05. The number of nitrogens with one attached hydrogen (secondary N) is 1. The maximum atomic E-state index is 10.5. The summed E-state index contributed by atoms with van der Waals surface area (Å²) in [7, 11) is 0. The van der Waals surface area contributed by atoms with E-state index in [1.807, 2.05) is 6.07 Å². The van der Waals surface area contributed by atoms with E-state index in [2.05, 4.69) is 15.5 Å². The molecule has 2 aromatic heterocycles. The van der Waals surface area contributed by atoms with E-state index >= 15 is 0 Å². The number of pyridine rings is 1. The molecule has 0 aliphatic heterocycles. The number of hydrogen-bond donors (Lipinski definition) is 2. The van der Waals surface area contributed by atoms with Crippen LogP contribution in [0.4, 0.5) is 4.79 Å². The van der Waals surface area contributed by atoms with Gasteiger partial charge in [0.05, 0.1) is 6.20 Å². The number of fused-ring (bicyclic) bond motifs is 1. The van der Waals surface area contributed by atoms with Crippen LogP contribution in [0.3, 0.4) is 0 Å². The van der Waals surface area contributed by atoms with Crippen molar-refractivity contribution in [3.8, 4) is 0 Å². The van der Waals surface area contributed by atoms with Gasteiger partial charge in [-0.1, -0.05) is 0 Å². The van der Waals surface area contributed by atoms with Gasteiger partial charge in [0.2, 0.25) is 0 Å².